The number of hydrogen-bond donors (Lipinski definition) is 0. The maximum Gasteiger partial charge on any atom is 4.00 e. The number of aryl methyl sites for hydroxylation is 2. The van der Waals surface area contributed by atoms with Crippen LogP contribution < -0.4 is 37.2 Å². The first-order valence-corrected chi connectivity index (χ1v) is 8.12. The zero-order valence-electron chi connectivity index (χ0n) is 15.3. The Morgan fingerprint density at radius 3 is 1.81 bits per heavy atom. The fraction of sp³-hybridized carbons (Fsp3) is 0.273. The zero-order valence-corrected chi connectivity index (χ0v) is 19.2. The molecule has 1 aliphatic carbocycles. The van der Waals surface area contributed by atoms with Gasteiger partial charge in [0.2, 0.25) is 0 Å². The smallest absolute Gasteiger partial charge is 1.00 e. The molecular formula is C22H23Cl3Ti. The quantitative estimate of drug-likeness (QED) is 0.349. The van der Waals surface area contributed by atoms with Gasteiger partial charge in [-0.25, -0.2) is 5.57 Å². The van der Waals surface area contributed by atoms with Crippen molar-refractivity contribution in [2.75, 3.05) is 0 Å². The van der Waals surface area contributed by atoms with Crippen molar-refractivity contribution in [3.63, 3.8) is 0 Å². The summed E-state index contributed by atoms with van der Waals surface area (Å²) < 4.78 is 0. The second-order valence-electron chi connectivity index (χ2n) is 6.13. The van der Waals surface area contributed by atoms with Gasteiger partial charge in [-0.15, -0.1) is 6.42 Å². The van der Waals surface area contributed by atoms with E-state index in [1.807, 2.05) is 0 Å². The van der Waals surface area contributed by atoms with Crippen LogP contribution in [0.25, 0.3) is 0 Å². The first-order valence-electron chi connectivity index (χ1n) is 8.12. The number of halogens is 3. The summed E-state index contributed by atoms with van der Waals surface area (Å²) in [6, 6.07) is 17.8. The van der Waals surface area contributed by atoms with Gasteiger partial charge in [-0.1, -0.05) is 84.1 Å². The molecule has 0 nitrogen and oxygen atoms in total. The molecule has 2 aromatic carbocycles. The Hall–Kier alpha value is -0.496. The molecule has 1 aliphatic rings. The van der Waals surface area contributed by atoms with E-state index < -0.39 is 0 Å². The maximum absolute atomic E-state index is 3.53. The monoisotopic (exact) mass is 440 g/mol. The molecule has 0 radical (unpaired) electrons. The van der Waals surface area contributed by atoms with Crippen LogP contribution in [0.4, 0.5) is 0 Å². The molecule has 0 aliphatic heterocycles. The minimum absolute atomic E-state index is 0. The summed E-state index contributed by atoms with van der Waals surface area (Å²) in [7, 11) is 0. The van der Waals surface area contributed by atoms with Crippen molar-refractivity contribution in [3.05, 3.63) is 94.1 Å². The van der Waals surface area contributed by atoms with Crippen LogP contribution in [0, 0.1) is 19.9 Å². The van der Waals surface area contributed by atoms with Crippen LogP contribution in [0.1, 0.15) is 47.9 Å². The van der Waals surface area contributed by atoms with Gasteiger partial charge in [0.15, 0.2) is 0 Å². The average molecular weight is 442 g/mol. The van der Waals surface area contributed by atoms with Gasteiger partial charge in [-0.2, -0.15) is 11.6 Å². The van der Waals surface area contributed by atoms with Crippen LogP contribution >= 0.6 is 0 Å². The zero-order chi connectivity index (χ0) is 15.5. The van der Waals surface area contributed by atoms with Crippen LogP contribution in [0.2, 0.25) is 0 Å². The van der Waals surface area contributed by atoms with Gasteiger partial charge in [0, 0.05) is 0 Å². The van der Waals surface area contributed by atoms with E-state index in [4.69, 9.17) is 0 Å². The molecule has 0 fully saturated rings. The summed E-state index contributed by atoms with van der Waals surface area (Å²) in [5.41, 5.74) is 8.23. The van der Waals surface area contributed by atoms with E-state index in [-0.39, 0.29) is 58.9 Å². The van der Waals surface area contributed by atoms with Gasteiger partial charge in [0.25, 0.3) is 0 Å². The first-order chi connectivity index (χ1) is 10.7. The summed E-state index contributed by atoms with van der Waals surface area (Å²) in [6.45, 7) is 6.57. The summed E-state index contributed by atoms with van der Waals surface area (Å²) in [5.74, 6) is 0.324. The molecule has 2 aromatic rings. The second kappa shape index (κ2) is 12.8. The molecule has 3 rings (SSSR count). The number of rotatable bonds is 4. The second-order valence-corrected chi connectivity index (χ2v) is 6.13. The molecule has 0 saturated carbocycles. The number of benzene rings is 2. The van der Waals surface area contributed by atoms with E-state index >= 15 is 0 Å². The Bertz CT molecular complexity index is 705. The van der Waals surface area contributed by atoms with Crippen molar-refractivity contribution in [2.45, 2.75) is 39.5 Å². The summed E-state index contributed by atoms with van der Waals surface area (Å²) >= 11 is 0. The Balaban J connectivity index is 0. The molecular weight excluding hydrogens is 418 g/mol. The fourth-order valence-corrected chi connectivity index (χ4v) is 3.38. The SMILES string of the molecule is CCC1=[C-]CC=C1C(c1cccc(C)c1)c1cccc(C)c1.[Cl-].[Cl-].[Cl-].[Ti+4]. The molecule has 0 spiro atoms. The van der Waals surface area contributed by atoms with E-state index in [1.165, 1.54) is 33.4 Å². The average Bonchev–Trinajstić information content (AvgIpc) is 2.96. The van der Waals surface area contributed by atoms with E-state index in [0.717, 1.165) is 12.8 Å². The van der Waals surface area contributed by atoms with Gasteiger partial charge in [0.1, 0.15) is 0 Å². The Labute approximate surface area is 191 Å². The summed E-state index contributed by atoms with van der Waals surface area (Å²) in [6.07, 6.45) is 7.89. The number of allylic oxidation sites excluding steroid dienone is 4. The Morgan fingerprint density at radius 1 is 0.885 bits per heavy atom. The van der Waals surface area contributed by atoms with Crippen molar-refractivity contribution in [1.82, 2.24) is 0 Å². The summed E-state index contributed by atoms with van der Waals surface area (Å²) in [5, 5.41) is 0. The molecule has 0 amide bonds. The normalized spacial score (nSPS) is 12.0. The van der Waals surface area contributed by atoms with E-state index in [0.29, 0.717) is 5.92 Å². The minimum atomic E-state index is 0. The van der Waals surface area contributed by atoms with Crippen LogP contribution in [0.15, 0.2) is 65.8 Å². The maximum atomic E-state index is 3.53. The minimum Gasteiger partial charge on any atom is -1.00 e. The predicted octanol–water partition coefficient (Wildman–Crippen LogP) is -3.09. The number of hydrogen-bond acceptors (Lipinski definition) is 0. The fourth-order valence-electron chi connectivity index (χ4n) is 3.38. The molecule has 4 heteroatoms. The first kappa shape index (κ1) is 27.7. The van der Waals surface area contributed by atoms with Gasteiger partial charge in [-0.05, 0) is 19.8 Å². The van der Waals surface area contributed by atoms with Crippen LogP contribution in [0.3, 0.4) is 0 Å². The molecule has 0 atom stereocenters. The molecule has 136 valence electrons. The molecule has 26 heavy (non-hydrogen) atoms. The van der Waals surface area contributed by atoms with Gasteiger partial charge < -0.3 is 37.2 Å². The molecule has 0 bridgehead atoms. The standard InChI is InChI=1S/C22H23.3ClH.Ti/c1-4-18-10-7-13-21(18)22(19-11-5-8-16(2)14-19)20-12-6-9-17(3)15-20;;;;/h5-6,8-9,11-15,22H,4,7H2,1-3H3;3*1H;/q-1;;;;+4/p-3. The van der Waals surface area contributed by atoms with Crippen molar-refractivity contribution in [3.8, 4) is 0 Å². The third-order valence-corrected chi connectivity index (χ3v) is 4.40. The van der Waals surface area contributed by atoms with Crippen molar-refractivity contribution < 1.29 is 58.9 Å². The van der Waals surface area contributed by atoms with Crippen LogP contribution in [-0.4, -0.2) is 0 Å². The third kappa shape index (κ3) is 6.29. The summed E-state index contributed by atoms with van der Waals surface area (Å²) in [4.78, 5) is 0. The van der Waals surface area contributed by atoms with Crippen LogP contribution in [0.5, 0.6) is 0 Å². The van der Waals surface area contributed by atoms with Gasteiger partial charge >= 0.3 is 21.7 Å². The molecule has 0 saturated heterocycles. The molecule has 0 aromatic heterocycles. The Kier molecular flexibility index (Phi) is 13.7. The van der Waals surface area contributed by atoms with Crippen molar-refractivity contribution in [1.29, 1.82) is 0 Å². The van der Waals surface area contributed by atoms with Gasteiger partial charge in [-0.3, -0.25) is 6.08 Å². The largest absolute Gasteiger partial charge is 4.00 e. The molecule has 0 N–H and O–H groups in total. The predicted molar refractivity (Wildman–Crippen MR) is 93.9 cm³/mol. The molecule has 0 unspecified atom stereocenters. The Morgan fingerprint density at radius 2 is 1.38 bits per heavy atom. The van der Waals surface area contributed by atoms with Gasteiger partial charge in [0.05, 0.1) is 0 Å². The van der Waals surface area contributed by atoms with Crippen LogP contribution in [-0.2, 0) is 21.7 Å². The van der Waals surface area contributed by atoms with E-state index in [2.05, 4.69) is 81.5 Å². The topological polar surface area (TPSA) is 0 Å². The van der Waals surface area contributed by atoms with E-state index in [9.17, 15) is 0 Å². The van der Waals surface area contributed by atoms with Crippen molar-refractivity contribution in [2.24, 2.45) is 0 Å². The van der Waals surface area contributed by atoms with Crippen molar-refractivity contribution >= 4 is 0 Å². The third-order valence-electron chi connectivity index (χ3n) is 4.40. The van der Waals surface area contributed by atoms with E-state index in [1.54, 1.807) is 0 Å². The molecule has 0 heterocycles.